The highest BCUT2D eigenvalue weighted by molar-refractivity contribution is 5.81. The lowest BCUT2D eigenvalue weighted by Gasteiger charge is -2.24. The summed E-state index contributed by atoms with van der Waals surface area (Å²) in [6.07, 6.45) is 2.71. The van der Waals surface area contributed by atoms with Crippen molar-refractivity contribution in [1.82, 2.24) is 5.32 Å². The van der Waals surface area contributed by atoms with Crippen LogP contribution >= 0.6 is 0 Å². The molecule has 2 atom stereocenters. The molecule has 5 heteroatoms. The third kappa shape index (κ3) is 7.47. The van der Waals surface area contributed by atoms with Crippen molar-refractivity contribution in [2.45, 2.75) is 46.3 Å². The van der Waals surface area contributed by atoms with Gasteiger partial charge in [0.2, 0.25) is 0 Å². The normalized spacial score (nSPS) is 13.9. The molecule has 0 aromatic carbocycles. The third-order valence-corrected chi connectivity index (χ3v) is 2.28. The average molecular weight is 281 g/mol. The van der Waals surface area contributed by atoms with Crippen molar-refractivity contribution in [3.8, 4) is 11.8 Å². The zero-order chi connectivity index (χ0) is 15.8. The highest BCUT2D eigenvalue weighted by Gasteiger charge is 2.28. The van der Waals surface area contributed by atoms with E-state index >= 15 is 0 Å². The Hall–Kier alpha value is -1.96. The first-order chi connectivity index (χ1) is 9.21. The van der Waals surface area contributed by atoms with Crippen LogP contribution in [0.5, 0.6) is 0 Å². The van der Waals surface area contributed by atoms with Crippen LogP contribution in [0.3, 0.4) is 0 Å². The van der Waals surface area contributed by atoms with E-state index in [9.17, 15) is 9.59 Å². The Morgan fingerprint density at radius 2 is 1.90 bits per heavy atom. The number of hydrogen-bond donors (Lipinski definition) is 1. The molecule has 0 aliphatic heterocycles. The van der Waals surface area contributed by atoms with Crippen molar-refractivity contribution < 1.29 is 19.1 Å². The summed E-state index contributed by atoms with van der Waals surface area (Å²) >= 11 is 0. The molecule has 0 spiro atoms. The summed E-state index contributed by atoms with van der Waals surface area (Å²) in [6, 6.07) is -0.815. The molecule has 5 nitrogen and oxygen atoms in total. The average Bonchev–Trinajstić information content (AvgIpc) is 2.33. The molecule has 0 saturated heterocycles. The molecule has 0 aliphatic rings. The molecule has 0 unspecified atom stereocenters. The van der Waals surface area contributed by atoms with E-state index < -0.39 is 23.7 Å². The second kappa shape index (κ2) is 8.26. The molecule has 0 heterocycles. The van der Waals surface area contributed by atoms with Gasteiger partial charge in [0.15, 0.2) is 0 Å². The van der Waals surface area contributed by atoms with Gasteiger partial charge in [-0.3, -0.25) is 0 Å². The smallest absolute Gasteiger partial charge is 0.408 e. The molecular formula is C15H23NO4. The first kappa shape index (κ1) is 18.0. The van der Waals surface area contributed by atoms with Gasteiger partial charge in [-0.1, -0.05) is 18.9 Å². The fraction of sp³-hybridized carbons (Fsp3) is 0.600. The van der Waals surface area contributed by atoms with E-state index in [0.717, 1.165) is 0 Å². The summed E-state index contributed by atoms with van der Waals surface area (Å²) < 4.78 is 9.82. The van der Waals surface area contributed by atoms with E-state index in [-0.39, 0.29) is 5.92 Å². The van der Waals surface area contributed by atoms with Crippen molar-refractivity contribution in [2.24, 2.45) is 5.92 Å². The van der Waals surface area contributed by atoms with Crippen LogP contribution in [0.15, 0.2) is 12.2 Å². The second-order valence-corrected chi connectivity index (χ2v) is 5.26. The van der Waals surface area contributed by atoms with Crippen molar-refractivity contribution in [2.75, 3.05) is 7.11 Å². The summed E-state index contributed by atoms with van der Waals surface area (Å²) in [5.74, 6) is 4.67. The van der Waals surface area contributed by atoms with Crippen LogP contribution < -0.4 is 5.32 Å². The Balaban J connectivity index is 4.84. The van der Waals surface area contributed by atoms with Crippen LogP contribution in [0, 0.1) is 17.8 Å². The van der Waals surface area contributed by atoms with E-state index in [1.165, 1.54) is 7.11 Å². The fourth-order valence-corrected chi connectivity index (χ4v) is 1.36. The lowest BCUT2D eigenvalue weighted by Crippen LogP contribution is -2.47. The number of hydrogen-bond acceptors (Lipinski definition) is 4. The van der Waals surface area contributed by atoms with E-state index in [1.54, 1.807) is 46.8 Å². The molecule has 0 rings (SSSR count). The number of alkyl carbamates (subject to hydrolysis) is 1. The van der Waals surface area contributed by atoms with E-state index in [4.69, 9.17) is 9.47 Å². The van der Waals surface area contributed by atoms with Crippen LogP contribution in [0.2, 0.25) is 0 Å². The number of carbonyl (C=O) groups is 2. The maximum absolute atomic E-state index is 11.7. The van der Waals surface area contributed by atoms with Gasteiger partial charge in [0.1, 0.15) is 11.6 Å². The number of rotatable bonds is 4. The minimum absolute atomic E-state index is 0.268. The maximum Gasteiger partial charge on any atom is 0.408 e. The molecule has 0 saturated carbocycles. The third-order valence-electron chi connectivity index (χ3n) is 2.28. The number of amides is 1. The van der Waals surface area contributed by atoms with Gasteiger partial charge in [-0.2, -0.15) is 0 Å². The highest BCUT2D eigenvalue weighted by Crippen LogP contribution is 2.10. The van der Waals surface area contributed by atoms with Crippen LogP contribution in [-0.2, 0) is 14.3 Å². The largest absolute Gasteiger partial charge is 0.467 e. The van der Waals surface area contributed by atoms with Gasteiger partial charge in [-0.25, -0.2) is 9.59 Å². The molecule has 112 valence electrons. The Labute approximate surface area is 120 Å². The lowest BCUT2D eigenvalue weighted by atomic mass is 10.0. The zero-order valence-electron chi connectivity index (χ0n) is 12.9. The molecule has 0 radical (unpaired) electrons. The first-order valence-corrected chi connectivity index (χ1v) is 6.37. The quantitative estimate of drug-likeness (QED) is 0.634. The number of ether oxygens (including phenoxy) is 2. The van der Waals surface area contributed by atoms with Crippen molar-refractivity contribution in [3.63, 3.8) is 0 Å². The van der Waals surface area contributed by atoms with Crippen molar-refractivity contribution >= 4 is 12.1 Å². The molecule has 1 amide bonds. The maximum atomic E-state index is 11.7. The molecule has 0 aromatic heterocycles. The lowest BCUT2D eigenvalue weighted by molar-refractivity contribution is -0.144. The number of allylic oxidation sites excluding steroid dienone is 1. The summed E-state index contributed by atoms with van der Waals surface area (Å²) in [5.41, 5.74) is -0.627. The summed E-state index contributed by atoms with van der Waals surface area (Å²) in [4.78, 5) is 23.5. The van der Waals surface area contributed by atoms with Crippen LogP contribution in [0.1, 0.15) is 34.6 Å². The standard InChI is InChI=1S/C15H23NO4/c1-7-8-9-10-11(2)12(13(17)19-6)16-14(18)20-15(3,4)5/h9-12H,1-6H3,(H,16,18)/b10-9+/t11-,12+/m1/s1. The Bertz CT molecular complexity index is 423. The van der Waals surface area contributed by atoms with Gasteiger partial charge in [0, 0.05) is 5.92 Å². The SMILES string of the molecule is CC#C/C=C/[C@@H](C)[C@H](NC(=O)OC(C)(C)C)C(=O)OC. The minimum atomic E-state index is -0.815. The summed E-state index contributed by atoms with van der Waals surface area (Å²) in [5, 5.41) is 2.52. The predicted octanol–water partition coefficient (Wildman–Crippen LogP) is 2.27. The molecule has 1 N–H and O–H groups in total. The van der Waals surface area contributed by atoms with Crippen LogP contribution in [0.25, 0.3) is 0 Å². The minimum Gasteiger partial charge on any atom is -0.467 e. The van der Waals surface area contributed by atoms with E-state index in [1.807, 2.05) is 0 Å². The fourth-order valence-electron chi connectivity index (χ4n) is 1.36. The summed E-state index contributed by atoms with van der Waals surface area (Å²) in [6.45, 7) is 8.75. The molecule has 0 aliphatic carbocycles. The van der Waals surface area contributed by atoms with Gasteiger partial charge in [0.05, 0.1) is 7.11 Å². The molecule has 20 heavy (non-hydrogen) atoms. The monoisotopic (exact) mass is 281 g/mol. The Morgan fingerprint density at radius 1 is 1.30 bits per heavy atom. The zero-order valence-corrected chi connectivity index (χ0v) is 12.9. The van der Waals surface area contributed by atoms with E-state index in [0.29, 0.717) is 0 Å². The van der Waals surface area contributed by atoms with Gasteiger partial charge >= 0.3 is 12.1 Å². The number of carbonyl (C=O) groups excluding carboxylic acids is 2. The van der Waals surface area contributed by atoms with E-state index in [2.05, 4.69) is 17.2 Å². The number of esters is 1. The second-order valence-electron chi connectivity index (χ2n) is 5.26. The highest BCUT2D eigenvalue weighted by atomic mass is 16.6. The molecule has 0 bridgehead atoms. The first-order valence-electron chi connectivity index (χ1n) is 6.37. The van der Waals surface area contributed by atoms with Gasteiger partial charge in [0.25, 0.3) is 0 Å². The molecule has 0 aromatic rings. The Kier molecular flexibility index (Phi) is 7.45. The number of methoxy groups -OCH3 is 1. The van der Waals surface area contributed by atoms with Crippen molar-refractivity contribution in [1.29, 1.82) is 0 Å². The predicted molar refractivity (Wildman–Crippen MR) is 76.9 cm³/mol. The molecular weight excluding hydrogens is 258 g/mol. The Morgan fingerprint density at radius 3 is 2.35 bits per heavy atom. The van der Waals surface area contributed by atoms with Crippen LogP contribution in [-0.4, -0.2) is 30.8 Å². The van der Waals surface area contributed by atoms with Gasteiger partial charge in [-0.05, 0) is 33.8 Å². The van der Waals surface area contributed by atoms with Gasteiger partial charge < -0.3 is 14.8 Å². The number of nitrogens with one attached hydrogen (secondary N) is 1. The topological polar surface area (TPSA) is 64.6 Å². The summed E-state index contributed by atoms with van der Waals surface area (Å²) in [7, 11) is 1.27. The van der Waals surface area contributed by atoms with Gasteiger partial charge in [-0.15, -0.1) is 5.92 Å². The van der Waals surface area contributed by atoms with Crippen molar-refractivity contribution in [3.05, 3.63) is 12.2 Å². The van der Waals surface area contributed by atoms with Crippen LogP contribution in [0.4, 0.5) is 4.79 Å². The molecule has 0 fully saturated rings.